The maximum absolute atomic E-state index is 11.2. The lowest BCUT2D eigenvalue weighted by atomic mass is 10.1. The first-order valence-corrected chi connectivity index (χ1v) is 48.5. The van der Waals surface area contributed by atoms with Gasteiger partial charge < -0.3 is 52.1 Å². The number of alkyl halides is 2. The average Bonchev–Trinajstić information content (AvgIpc) is 0.873. The van der Waals surface area contributed by atoms with Crippen molar-refractivity contribution in [1.82, 2.24) is 0 Å². The van der Waals surface area contributed by atoms with Crippen LogP contribution in [0.2, 0.25) is 0 Å². The molecule has 13 heteroatoms. The van der Waals surface area contributed by atoms with Gasteiger partial charge in [0.05, 0.1) is 73.7 Å². The van der Waals surface area contributed by atoms with Crippen LogP contribution in [-0.4, -0.2) is 80.1 Å². The van der Waals surface area contributed by atoms with Gasteiger partial charge in [-0.05, 0) is 314 Å². The Labute approximate surface area is 798 Å². The van der Waals surface area contributed by atoms with E-state index in [1.165, 1.54) is 69.5 Å². The van der Waals surface area contributed by atoms with Crippen molar-refractivity contribution in [1.29, 1.82) is 0 Å². The predicted molar refractivity (Wildman–Crippen MR) is 558 cm³/mol. The van der Waals surface area contributed by atoms with E-state index in [4.69, 9.17) is 52.1 Å². The van der Waals surface area contributed by atoms with E-state index in [0.717, 1.165) is 193 Å². The molecule has 0 atom stereocenters. The topological polar surface area (TPSA) is 102 Å². The van der Waals surface area contributed by atoms with E-state index < -0.39 is 12.3 Å². The molecule has 732 valence electrons. The molecular weight excluding hydrogens is 1630 g/mol. The molecule has 9 aromatic rings. The van der Waals surface area contributed by atoms with Gasteiger partial charge >= 0.3 is 0 Å². The summed E-state index contributed by atoms with van der Waals surface area (Å²) in [7, 11) is 3.33. The van der Waals surface area contributed by atoms with Crippen molar-refractivity contribution in [2.24, 2.45) is 59.2 Å². The molecule has 0 saturated heterocycles. The van der Waals surface area contributed by atoms with E-state index in [-0.39, 0.29) is 0 Å². The number of halogens is 2. The van der Waals surface area contributed by atoms with Crippen LogP contribution in [0.5, 0.6) is 63.2 Å². The molecule has 0 N–H and O–H groups in total. The van der Waals surface area contributed by atoms with E-state index >= 15 is 0 Å². The molecule has 0 fully saturated rings. The molecule has 11 nitrogen and oxygen atoms in total. The molecular formula is C118H180F2O11. The lowest BCUT2D eigenvalue weighted by molar-refractivity contribution is 0.0955. The third-order valence-electron chi connectivity index (χ3n) is 20.4. The van der Waals surface area contributed by atoms with Crippen LogP contribution >= 0.6 is 0 Å². The summed E-state index contributed by atoms with van der Waals surface area (Å²) < 4.78 is 83.6. The molecule has 0 aliphatic carbocycles. The largest absolute Gasteiger partial charge is 0.497 e. The van der Waals surface area contributed by atoms with E-state index in [1.54, 1.807) is 14.2 Å². The summed E-state index contributed by atoms with van der Waals surface area (Å²) in [6.07, 6.45) is 11.6. The van der Waals surface area contributed by atoms with Crippen molar-refractivity contribution in [2.75, 3.05) is 73.7 Å². The van der Waals surface area contributed by atoms with Gasteiger partial charge in [-0.25, -0.2) is 8.78 Å². The van der Waals surface area contributed by atoms with Gasteiger partial charge in [0.15, 0.2) is 11.5 Å². The monoisotopic (exact) mass is 1810 g/mol. The highest BCUT2D eigenvalue weighted by Crippen LogP contribution is 2.30. The highest BCUT2D eigenvalue weighted by molar-refractivity contribution is 5.44. The number of methoxy groups -OCH3 is 2. The Morgan fingerprint density at radius 3 is 1.01 bits per heavy atom. The highest BCUT2D eigenvalue weighted by Gasteiger charge is 2.11. The van der Waals surface area contributed by atoms with Gasteiger partial charge in [0.2, 0.25) is 6.43 Å². The molecule has 131 heavy (non-hydrogen) atoms. The SMILES string of the molecule is C=CCc1ccc(OCCC(C)C)c(OC)c1.CC(C)C(F)F.CC(C)CCOc1ccccc1.CCc1ccc(OCCC(C)C)cc1.COc1cccc(OCCC(C)C)c1.Cc1ccc(OCCC(C)C)cc1.Cc1ccc(OCCC(C)C)cc1C.Cc1cccc(C)c1OCCC(C)C.Cc1cccc(OCCC(C)C)c1C.Cc1ccccc1OCCC(C)C. The smallest absolute Gasteiger partial charge is 0.240 e. The fourth-order valence-corrected chi connectivity index (χ4v) is 10.9. The van der Waals surface area contributed by atoms with Crippen LogP contribution in [-0.2, 0) is 12.8 Å². The van der Waals surface area contributed by atoms with Crippen LogP contribution in [0.3, 0.4) is 0 Å². The molecule has 0 heterocycles. The van der Waals surface area contributed by atoms with Crippen LogP contribution in [0, 0.1) is 115 Å². The zero-order chi connectivity index (χ0) is 98.4. The predicted octanol–water partition coefficient (Wildman–Crippen LogP) is 33.7. The second-order valence-corrected chi connectivity index (χ2v) is 37.6. The van der Waals surface area contributed by atoms with Gasteiger partial charge in [-0.1, -0.05) is 266 Å². The van der Waals surface area contributed by atoms with Gasteiger partial charge in [-0.2, -0.15) is 0 Å². The zero-order valence-electron chi connectivity index (χ0n) is 87.6. The maximum Gasteiger partial charge on any atom is 0.240 e. The normalized spacial score (nSPS) is 10.5. The Bertz CT molecular complexity index is 4210. The number of allylic oxidation sites excluding steroid dienone is 1. The van der Waals surface area contributed by atoms with Crippen molar-refractivity contribution in [3.63, 3.8) is 0 Å². The van der Waals surface area contributed by atoms with Crippen LogP contribution in [0.4, 0.5) is 8.78 Å². The second-order valence-electron chi connectivity index (χ2n) is 37.6. The fourth-order valence-electron chi connectivity index (χ4n) is 10.9. The number of hydrogen-bond acceptors (Lipinski definition) is 11. The quantitative estimate of drug-likeness (QED) is 0.0342. The Morgan fingerprint density at radius 1 is 0.267 bits per heavy atom. The Balaban J connectivity index is 0.00000144. The Hall–Kier alpha value is -9.62. The summed E-state index contributed by atoms with van der Waals surface area (Å²) in [5, 5.41) is 0. The minimum absolute atomic E-state index is 0.481. The van der Waals surface area contributed by atoms with Gasteiger partial charge in [-0.3, -0.25) is 0 Å². The summed E-state index contributed by atoms with van der Waals surface area (Å²) in [6, 6.07) is 67.1. The molecule has 0 unspecified atom stereocenters. The summed E-state index contributed by atoms with van der Waals surface area (Å²) in [4.78, 5) is 0. The standard InChI is InChI=1S/C15H22O2.4C13H20O.C12H18O2.2C12H18O.C11H16O.C4H8F2/c1-5-6-13-7-8-14(15(11-13)16-4)17-10-9-12(2)3;1-10(2)7-8-14-13-6-5-11(3)12(4)9-13;1-10(2)8-9-14-13-7-5-6-11(3)12(13)4;1-10(2)8-9-14-13-11(3)6-5-7-12(13)4;1-4-12-5-7-13(8-6-12)14-10-9-11(2)3;1-10(2)7-8-14-12-6-4-5-11(9-12)13-3;1-10(2)8-9-13-12-6-4-11(3)5-7-12;1-10(2)8-9-13-12-7-5-4-6-11(12)3;1-10(2)8-9-12-11-6-4-3-5-7-11;1-3(2)4(5)6/h5,7-8,11-12H,1,6,9-10H2,2-4H3;5-6,9-10H,7-8H2,1-4H3;2*5-7,10H,8-9H2,1-4H3;5-8,11H,4,9-10H2,1-3H3;4-6,9-10H,7-8H2,1-3H3;2*4-7,10H,8-9H2,1-3H3;3-7,10H,8-9H2,1-2H3;3-4H,1-2H3. The van der Waals surface area contributed by atoms with Gasteiger partial charge in [0, 0.05) is 12.0 Å². The molecule has 0 radical (unpaired) electrons. The van der Waals surface area contributed by atoms with Gasteiger partial charge in [0.25, 0.3) is 0 Å². The van der Waals surface area contributed by atoms with Crippen molar-refractivity contribution < 1.29 is 60.9 Å². The summed E-state index contributed by atoms with van der Waals surface area (Å²) in [6.45, 7) is 72.6. The summed E-state index contributed by atoms with van der Waals surface area (Å²) in [5.41, 5.74) is 12.7. The molecule has 0 bridgehead atoms. The van der Waals surface area contributed by atoms with Crippen LogP contribution in [0.25, 0.3) is 0 Å². The maximum atomic E-state index is 11.2. The van der Waals surface area contributed by atoms with Gasteiger partial charge in [0.1, 0.15) is 51.7 Å². The zero-order valence-corrected chi connectivity index (χ0v) is 87.6. The van der Waals surface area contributed by atoms with E-state index in [1.807, 2.05) is 121 Å². The van der Waals surface area contributed by atoms with Crippen molar-refractivity contribution in [3.05, 3.63) is 268 Å². The number of aryl methyl sites for hydroxylation is 8. The van der Waals surface area contributed by atoms with Crippen molar-refractivity contribution >= 4 is 0 Å². The molecule has 0 aliphatic rings. The molecule has 9 aromatic carbocycles. The molecule has 9 rings (SSSR count). The van der Waals surface area contributed by atoms with Crippen molar-refractivity contribution in [3.8, 4) is 63.2 Å². The number of benzene rings is 9. The Kier molecular flexibility index (Phi) is 69.4. The highest BCUT2D eigenvalue weighted by atomic mass is 19.3. The molecule has 0 aromatic heterocycles. The first-order valence-electron chi connectivity index (χ1n) is 48.5. The molecule has 0 saturated carbocycles. The van der Waals surface area contributed by atoms with Crippen LogP contribution < -0.4 is 52.1 Å². The lowest BCUT2D eigenvalue weighted by Crippen LogP contribution is -2.03. The minimum Gasteiger partial charge on any atom is -0.497 e. The molecule has 0 spiro atoms. The number of rotatable bonds is 42. The first kappa shape index (κ1) is 121. The second kappa shape index (κ2) is 74.9. The van der Waals surface area contributed by atoms with E-state index in [0.29, 0.717) is 53.3 Å². The summed E-state index contributed by atoms with van der Waals surface area (Å²) in [5.74, 6) is 16.2. The fraction of sp³-hybridized carbons (Fsp3) is 0.525. The average molecular weight is 1810 g/mol. The van der Waals surface area contributed by atoms with E-state index in [2.05, 4.69) is 278 Å². The number of ether oxygens (including phenoxy) is 11. The van der Waals surface area contributed by atoms with Crippen LogP contribution in [0.1, 0.15) is 259 Å². The Morgan fingerprint density at radius 2 is 0.595 bits per heavy atom. The first-order chi connectivity index (χ1) is 62.2. The minimum atomic E-state index is -2.15. The van der Waals surface area contributed by atoms with E-state index in [9.17, 15) is 8.78 Å². The molecule has 0 aliphatic heterocycles. The van der Waals surface area contributed by atoms with Crippen molar-refractivity contribution in [2.45, 2.75) is 278 Å². The van der Waals surface area contributed by atoms with Crippen LogP contribution in [0.15, 0.2) is 213 Å². The summed E-state index contributed by atoms with van der Waals surface area (Å²) >= 11 is 0. The lowest BCUT2D eigenvalue weighted by Gasteiger charge is -2.12. The van der Waals surface area contributed by atoms with Gasteiger partial charge in [-0.15, -0.1) is 6.58 Å². The third kappa shape index (κ3) is 65.6. The third-order valence-corrected chi connectivity index (χ3v) is 20.4. The molecule has 0 amide bonds. The number of para-hydroxylation sites is 3. The number of hydrogen-bond donors (Lipinski definition) is 0.